The van der Waals surface area contributed by atoms with Crippen molar-refractivity contribution in [3.05, 3.63) is 35.4 Å². The van der Waals surface area contributed by atoms with Crippen LogP contribution in [-0.2, 0) is 6.54 Å². The number of benzene rings is 1. The summed E-state index contributed by atoms with van der Waals surface area (Å²) in [6.07, 6.45) is 3.11. The number of thioether (sulfide) groups is 1. The Kier molecular flexibility index (Phi) is 6.53. The summed E-state index contributed by atoms with van der Waals surface area (Å²) in [6.45, 7) is 3.15. The van der Waals surface area contributed by atoms with Crippen molar-refractivity contribution < 1.29 is 5.11 Å². The maximum absolute atomic E-state index is 9.21. The summed E-state index contributed by atoms with van der Waals surface area (Å²) in [5, 5.41) is 12.6. The Bertz CT molecular complexity index is 304. The molecule has 1 aromatic carbocycles. The summed E-state index contributed by atoms with van der Waals surface area (Å²) in [6, 6.07) is 8.68. The van der Waals surface area contributed by atoms with Crippen LogP contribution in [-0.4, -0.2) is 29.8 Å². The van der Waals surface area contributed by atoms with Gasteiger partial charge in [0.25, 0.3) is 0 Å². The predicted octanol–water partition coefficient (Wildman–Crippen LogP) is 2.20. The van der Waals surface area contributed by atoms with Crippen molar-refractivity contribution in [3.8, 4) is 0 Å². The molecule has 2 N–H and O–H groups in total. The molecule has 90 valence electrons. The van der Waals surface area contributed by atoms with Gasteiger partial charge in [-0.3, -0.25) is 0 Å². The van der Waals surface area contributed by atoms with Gasteiger partial charge in [-0.15, -0.1) is 0 Å². The summed E-state index contributed by atoms with van der Waals surface area (Å²) in [7, 11) is 0. The van der Waals surface area contributed by atoms with Gasteiger partial charge in [-0.05, 0) is 30.9 Å². The average Bonchev–Trinajstić information content (AvgIpc) is 2.29. The van der Waals surface area contributed by atoms with E-state index >= 15 is 0 Å². The minimum atomic E-state index is 0.215. The van der Waals surface area contributed by atoms with E-state index in [1.54, 1.807) is 0 Å². The fourth-order valence-electron chi connectivity index (χ4n) is 1.60. The molecule has 2 nitrogen and oxygen atoms in total. The Morgan fingerprint density at radius 3 is 2.88 bits per heavy atom. The van der Waals surface area contributed by atoms with Crippen LogP contribution in [0.15, 0.2) is 24.3 Å². The monoisotopic (exact) mass is 239 g/mol. The van der Waals surface area contributed by atoms with Crippen molar-refractivity contribution in [2.75, 3.05) is 18.6 Å². The standard InChI is InChI=1S/C13H21NOS/c1-11-4-3-5-12(8-11)9-14-13(10-15)6-7-16-2/h3-5,8,13-15H,6-7,9-10H2,1-2H3. The predicted molar refractivity (Wildman–Crippen MR) is 71.9 cm³/mol. The smallest absolute Gasteiger partial charge is 0.0585 e. The second kappa shape index (κ2) is 7.71. The molecule has 16 heavy (non-hydrogen) atoms. The lowest BCUT2D eigenvalue weighted by Crippen LogP contribution is -2.32. The minimum Gasteiger partial charge on any atom is -0.395 e. The Morgan fingerprint density at radius 1 is 1.44 bits per heavy atom. The highest BCUT2D eigenvalue weighted by atomic mass is 32.2. The fourth-order valence-corrected chi connectivity index (χ4v) is 2.12. The molecule has 0 bridgehead atoms. The van der Waals surface area contributed by atoms with Gasteiger partial charge in [-0.25, -0.2) is 0 Å². The second-order valence-corrected chi connectivity index (χ2v) is 5.02. The highest BCUT2D eigenvalue weighted by molar-refractivity contribution is 7.98. The molecule has 0 aromatic heterocycles. The quantitative estimate of drug-likeness (QED) is 0.765. The van der Waals surface area contributed by atoms with Gasteiger partial charge in [-0.1, -0.05) is 29.8 Å². The van der Waals surface area contributed by atoms with E-state index in [2.05, 4.69) is 42.8 Å². The SMILES string of the molecule is CSCCC(CO)NCc1cccc(C)c1. The summed E-state index contributed by atoms with van der Waals surface area (Å²) in [5.74, 6) is 1.09. The minimum absolute atomic E-state index is 0.215. The number of aliphatic hydroxyl groups is 1. The van der Waals surface area contributed by atoms with E-state index in [0.29, 0.717) is 0 Å². The van der Waals surface area contributed by atoms with Gasteiger partial charge in [0, 0.05) is 12.6 Å². The van der Waals surface area contributed by atoms with Crippen molar-refractivity contribution in [1.82, 2.24) is 5.32 Å². The van der Waals surface area contributed by atoms with Gasteiger partial charge in [0.05, 0.1) is 6.61 Å². The molecule has 0 aliphatic carbocycles. The molecule has 0 heterocycles. The lowest BCUT2D eigenvalue weighted by molar-refractivity contribution is 0.239. The van der Waals surface area contributed by atoms with E-state index in [1.165, 1.54) is 11.1 Å². The maximum Gasteiger partial charge on any atom is 0.0585 e. The van der Waals surface area contributed by atoms with Crippen molar-refractivity contribution in [3.63, 3.8) is 0 Å². The van der Waals surface area contributed by atoms with Gasteiger partial charge in [-0.2, -0.15) is 11.8 Å². The van der Waals surface area contributed by atoms with Crippen LogP contribution in [0, 0.1) is 6.92 Å². The topological polar surface area (TPSA) is 32.3 Å². The van der Waals surface area contributed by atoms with Crippen molar-refractivity contribution in [2.45, 2.75) is 25.9 Å². The first-order chi connectivity index (χ1) is 7.76. The molecule has 3 heteroatoms. The molecule has 1 unspecified atom stereocenters. The van der Waals surface area contributed by atoms with Gasteiger partial charge < -0.3 is 10.4 Å². The van der Waals surface area contributed by atoms with E-state index in [4.69, 9.17) is 0 Å². The van der Waals surface area contributed by atoms with Crippen LogP contribution < -0.4 is 5.32 Å². The van der Waals surface area contributed by atoms with Crippen LogP contribution in [0.1, 0.15) is 17.5 Å². The molecule has 1 rings (SSSR count). The zero-order chi connectivity index (χ0) is 11.8. The summed E-state index contributed by atoms with van der Waals surface area (Å²) in [5.41, 5.74) is 2.56. The maximum atomic E-state index is 9.21. The molecule has 0 fully saturated rings. The Morgan fingerprint density at radius 2 is 2.25 bits per heavy atom. The first-order valence-corrected chi connectivity index (χ1v) is 7.04. The Hall–Kier alpha value is -0.510. The molecule has 0 amide bonds. The number of hydrogen-bond acceptors (Lipinski definition) is 3. The van der Waals surface area contributed by atoms with Crippen LogP contribution in [0.25, 0.3) is 0 Å². The largest absolute Gasteiger partial charge is 0.395 e. The first-order valence-electron chi connectivity index (χ1n) is 5.65. The third kappa shape index (κ3) is 5.01. The normalized spacial score (nSPS) is 12.7. The van der Waals surface area contributed by atoms with Gasteiger partial charge in [0.2, 0.25) is 0 Å². The second-order valence-electron chi connectivity index (χ2n) is 4.03. The van der Waals surface area contributed by atoms with Crippen molar-refractivity contribution >= 4 is 11.8 Å². The number of rotatable bonds is 7. The fraction of sp³-hybridized carbons (Fsp3) is 0.538. The third-order valence-corrected chi connectivity index (χ3v) is 3.21. The molecule has 0 saturated heterocycles. The molecule has 1 aromatic rings. The number of aliphatic hydroxyl groups excluding tert-OH is 1. The summed E-state index contributed by atoms with van der Waals surface area (Å²) >= 11 is 1.82. The van der Waals surface area contributed by atoms with E-state index in [0.717, 1.165) is 18.7 Å². The highest BCUT2D eigenvalue weighted by Crippen LogP contribution is 2.05. The number of aryl methyl sites for hydroxylation is 1. The van der Waals surface area contributed by atoms with E-state index in [1.807, 2.05) is 11.8 Å². The Labute approximate surface area is 102 Å². The highest BCUT2D eigenvalue weighted by Gasteiger charge is 2.05. The van der Waals surface area contributed by atoms with Gasteiger partial charge in [0.15, 0.2) is 0 Å². The molecule has 0 aliphatic heterocycles. The van der Waals surface area contributed by atoms with Gasteiger partial charge >= 0.3 is 0 Å². The van der Waals surface area contributed by atoms with Gasteiger partial charge in [0.1, 0.15) is 0 Å². The first kappa shape index (κ1) is 13.6. The van der Waals surface area contributed by atoms with Crippen LogP contribution in [0.2, 0.25) is 0 Å². The lowest BCUT2D eigenvalue weighted by Gasteiger charge is -2.15. The third-order valence-electron chi connectivity index (χ3n) is 2.57. The molecule has 0 spiro atoms. The van der Waals surface area contributed by atoms with Crippen LogP contribution in [0.5, 0.6) is 0 Å². The molecular formula is C13H21NOS. The Balaban J connectivity index is 2.37. The van der Waals surface area contributed by atoms with Crippen LogP contribution >= 0.6 is 11.8 Å². The lowest BCUT2D eigenvalue weighted by atomic mass is 10.1. The number of hydrogen-bond donors (Lipinski definition) is 2. The van der Waals surface area contributed by atoms with Crippen molar-refractivity contribution in [2.24, 2.45) is 0 Å². The molecular weight excluding hydrogens is 218 g/mol. The van der Waals surface area contributed by atoms with E-state index in [9.17, 15) is 5.11 Å². The molecule has 0 aliphatic rings. The zero-order valence-corrected chi connectivity index (χ0v) is 10.9. The van der Waals surface area contributed by atoms with Crippen LogP contribution in [0.3, 0.4) is 0 Å². The summed E-state index contributed by atoms with van der Waals surface area (Å²) in [4.78, 5) is 0. The number of nitrogens with one attached hydrogen (secondary N) is 1. The zero-order valence-electron chi connectivity index (χ0n) is 10.1. The molecule has 0 radical (unpaired) electrons. The van der Waals surface area contributed by atoms with Crippen molar-refractivity contribution in [1.29, 1.82) is 0 Å². The van der Waals surface area contributed by atoms with E-state index in [-0.39, 0.29) is 12.6 Å². The van der Waals surface area contributed by atoms with Crippen LogP contribution in [0.4, 0.5) is 0 Å². The average molecular weight is 239 g/mol. The molecule has 1 atom stereocenters. The molecule has 0 saturated carbocycles. The van der Waals surface area contributed by atoms with E-state index < -0.39 is 0 Å². The summed E-state index contributed by atoms with van der Waals surface area (Å²) < 4.78 is 0.